The van der Waals surface area contributed by atoms with Gasteiger partial charge in [-0.2, -0.15) is 0 Å². The summed E-state index contributed by atoms with van der Waals surface area (Å²) < 4.78 is 9.43. The molecule has 9 aromatic carbocycles. The van der Waals surface area contributed by atoms with Gasteiger partial charge in [-0.1, -0.05) is 140 Å². The largest absolute Gasteiger partial charge is 0.309 e. The highest BCUT2D eigenvalue weighted by atomic mass is 15.2. The summed E-state index contributed by atoms with van der Waals surface area (Å²) >= 11 is 0. The summed E-state index contributed by atoms with van der Waals surface area (Å²) in [4.78, 5) is 5.65. The van der Waals surface area contributed by atoms with E-state index in [1.54, 1.807) is 0 Å². The highest BCUT2D eigenvalue weighted by molar-refractivity contribution is 6.12. The maximum Gasteiger partial charge on any atom is 0.220 e. The van der Waals surface area contributed by atoms with Gasteiger partial charge in [-0.15, -0.1) is 0 Å². The Labute approximate surface area is 357 Å². The first-order chi connectivity index (χ1) is 30.8. The summed E-state index contributed by atoms with van der Waals surface area (Å²) in [5.74, 6) is 0.866. The zero-order valence-corrected chi connectivity index (χ0v) is 33.6. The molecule has 13 aromatic rings. The molecule has 62 heavy (non-hydrogen) atoms. The molecule has 0 fully saturated rings. The van der Waals surface area contributed by atoms with E-state index in [-0.39, 0.29) is 0 Å². The third-order valence-electron chi connectivity index (χ3n) is 12.6. The second-order valence-electron chi connectivity index (χ2n) is 16.0. The van der Waals surface area contributed by atoms with Crippen LogP contribution in [0.25, 0.3) is 111 Å². The predicted molar refractivity (Wildman–Crippen MR) is 257 cm³/mol. The fourth-order valence-corrected chi connectivity index (χ4v) is 9.84. The van der Waals surface area contributed by atoms with Crippen LogP contribution < -0.4 is 0 Å². The molecular weight excluding hydrogens is 755 g/mol. The molecule has 5 heteroatoms. The molecule has 0 radical (unpaired) electrons. The van der Waals surface area contributed by atoms with Crippen LogP contribution in [0.5, 0.6) is 0 Å². The lowest BCUT2D eigenvalue weighted by molar-refractivity contribution is 1.10. The van der Waals surface area contributed by atoms with E-state index in [2.05, 4.69) is 243 Å². The van der Waals surface area contributed by atoms with Crippen molar-refractivity contribution in [2.45, 2.75) is 0 Å². The number of rotatable bonds is 6. The first-order valence-corrected chi connectivity index (χ1v) is 21.1. The van der Waals surface area contributed by atoms with Crippen LogP contribution in [-0.4, -0.2) is 23.1 Å². The number of para-hydroxylation sites is 5. The Morgan fingerprint density at radius 2 is 0.694 bits per heavy atom. The van der Waals surface area contributed by atoms with Crippen molar-refractivity contribution < 1.29 is 0 Å². The van der Waals surface area contributed by atoms with Crippen LogP contribution in [0.15, 0.2) is 224 Å². The molecule has 0 saturated heterocycles. The zero-order valence-electron chi connectivity index (χ0n) is 33.6. The van der Waals surface area contributed by atoms with Crippen molar-refractivity contribution >= 4 is 60.4 Å². The lowest BCUT2D eigenvalue weighted by atomic mass is 10.0. The van der Waals surface area contributed by atoms with Crippen molar-refractivity contribution in [1.29, 1.82) is 0 Å². The van der Waals surface area contributed by atoms with E-state index >= 15 is 0 Å². The highest BCUT2D eigenvalue weighted by Crippen LogP contribution is 2.42. The molecule has 4 aromatic heterocycles. The maximum absolute atomic E-state index is 5.65. The molecule has 13 rings (SSSR count). The quantitative estimate of drug-likeness (QED) is 0.165. The molecule has 0 atom stereocenters. The van der Waals surface area contributed by atoms with Gasteiger partial charge < -0.3 is 9.13 Å². The third kappa shape index (κ3) is 5.12. The standard InChI is InChI=1S/C57H37N5/c1-5-17-38(18-6-1)56-55(41-31-33-52-48(36-41)46-26-14-16-28-50(46)60(52)43-21-9-3-10-22-43)58-57-61(44-23-11-4-12-24-44)54-37-40(30-34-53(54)62(56)57)39-29-32-51-47(35-39)45-25-13-15-27-49(45)59(51)42-19-7-2-8-20-42/h1-37H. The molecule has 0 aliphatic heterocycles. The molecule has 0 N–H and O–H groups in total. The molecule has 290 valence electrons. The number of fused-ring (bicyclic) bond motifs is 9. The number of hydrogen-bond donors (Lipinski definition) is 0. The third-order valence-corrected chi connectivity index (χ3v) is 12.6. The van der Waals surface area contributed by atoms with E-state index in [9.17, 15) is 0 Å². The summed E-state index contributed by atoms with van der Waals surface area (Å²) in [6.07, 6.45) is 0. The summed E-state index contributed by atoms with van der Waals surface area (Å²) in [6, 6.07) is 80.7. The monoisotopic (exact) mass is 791 g/mol. The van der Waals surface area contributed by atoms with E-state index in [4.69, 9.17) is 4.98 Å². The van der Waals surface area contributed by atoms with Gasteiger partial charge in [0, 0.05) is 49.7 Å². The van der Waals surface area contributed by atoms with Crippen molar-refractivity contribution in [1.82, 2.24) is 23.1 Å². The van der Waals surface area contributed by atoms with Crippen molar-refractivity contribution in [3.63, 3.8) is 0 Å². The fourth-order valence-electron chi connectivity index (χ4n) is 9.84. The Balaban J connectivity index is 1.05. The van der Waals surface area contributed by atoms with Crippen LogP contribution in [0.3, 0.4) is 0 Å². The number of aromatic nitrogens is 5. The summed E-state index contributed by atoms with van der Waals surface area (Å²) in [6.45, 7) is 0. The molecule has 0 aliphatic rings. The van der Waals surface area contributed by atoms with Crippen LogP contribution in [0.1, 0.15) is 0 Å². The average Bonchev–Trinajstić information content (AvgIpc) is 4.08. The Hall–Kier alpha value is -8.41. The minimum atomic E-state index is 0.866. The topological polar surface area (TPSA) is 32.1 Å². The van der Waals surface area contributed by atoms with Crippen LogP contribution >= 0.6 is 0 Å². The maximum atomic E-state index is 5.65. The number of nitrogens with zero attached hydrogens (tertiary/aromatic N) is 5. The Bertz CT molecular complexity index is 3830. The summed E-state index contributed by atoms with van der Waals surface area (Å²) in [5.41, 5.74) is 16.8. The zero-order chi connectivity index (χ0) is 40.7. The first-order valence-electron chi connectivity index (χ1n) is 21.1. The van der Waals surface area contributed by atoms with Gasteiger partial charge in [0.15, 0.2) is 0 Å². The number of benzene rings is 9. The molecule has 0 unspecified atom stereocenters. The first kappa shape index (κ1) is 34.5. The minimum absolute atomic E-state index is 0.866. The number of hydrogen-bond acceptors (Lipinski definition) is 1. The lowest BCUT2D eigenvalue weighted by Crippen LogP contribution is -1.95. The molecule has 0 saturated carbocycles. The van der Waals surface area contributed by atoms with E-state index in [1.807, 2.05) is 0 Å². The van der Waals surface area contributed by atoms with Gasteiger partial charge in [0.2, 0.25) is 5.78 Å². The van der Waals surface area contributed by atoms with Crippen LogP contribution in [0.2, 0.25) is 0 Å². The van der Waals surface area contributed by atoms with E-state index < -0.39 is 0 Å². The average molecular weight is 792 g/mol. The smallest absolute Gasteiger partial charge is 0.220 e. The van der Waals surface area contributed by atoms with E-state index in [1.165, 1.54) is 49.2 Å². The Morgan fingerprint density at radius 1 is 0.274 bits per heavy atom. The molecule has 0 amide bonds. The van der Waals surface area contributed by atoms with Crippen molar-refractivity contribution in [3.05, 3.63) is 224 Å². The van der Waals surface area contributed by atoms with E-state index in [0.717, 1.165) is 62.0 Å². The molecule has 5 nitrogen and oxygen atoms in total. The molecule has 0 spiro atoms. The van der Waals surface area contributed by atoms with Gasteiger partial charge in [0.05, 0.1) is 44.5 Å². The highest BCUT2D eigenvalue weighted by Gasteiger charge is 2.25. The van der Waals surface area contributed by atoms with Crippen LogP contribution in [0, 0.1) is 0 Å². The summed E-state index contributed by atoms with van der Waals surface area (Å²) in [7, 11) is 0. The fraction of sp³-hybridized carbons (Fsp3) is 0. The Kier molecular flexibility index (Phi) is 7.54. The van der Waals surface area contributed by atoms with Crippen molar-refractivity contribution in [3.8, 4) is 50.7 Å². The minimum Gasteiger partial charge on any atom is -0.309 e. The van der Waals surface area contributed by atoms with Crippen LogP contribution in [0.4, 0.5) is 0 Å². The second-order valence-corrected chi connectivity index (χ2v) is 16.0. The predicted octanol–water partition coefficient (Wildman–Crippen LogP) is 14.5. The van der Waals surface area contributed by atoms with Gasteiger partial charge in [0.1, 0.15) is 0 Å². The van der Waals surface area contributed by atoms with Crippen molar-refractivity contribution in [2.75, 3.05) is 0 Å². The van der Waals surface area contributed by atoms with Gasteiger partial charge in [-0.3, -0.25) is 8.97 Å². The molecule has 0 bridgehead atoms. The molecular formula is C57H37N5. The van der Waals surface area contributed by atoms with Gasteiger partial charge in [-0.05, 0) is 96.1 Å². The lowest BCUT2D eigenvalue weighted by Gasteiger charge is -2.10. The molecule has 0 aliphatic carbocycles. The van der Waals surface area contributed by atoms with Crippen molar-refractivity contribution in [2.24, 2.45) is 0 Å². The van der Waals surface area contributed by atoms with Crippen LogP contribution in [-0.2, 0) is 0 Å². The normalized spacial score (nSPS) is 11.9. The molecule has 4 heterocycles. The second kappa shape index (κ2) is 13.6. The summed E-state index contributed by atoms with van der Waals surface area (Å²) in [5, 5.41) is 4.88. The number of imidazole rings is 2. The SMILES string of the molecule is c1ccc(-c2c(-c3ccc4c(c3)c3ccccc3n4-c3ccccc3)nc3n(-c4ccccc4)c4cc(-c5ccc6c(c5)c5ccccc5n6-c5ccccc5)ccc4n23)cc1. The van der Waals surface area contributed by atoms with Gasteiger partial charge in [-0.25, -0.2) is 4.98 Å². The van der Waals surface area contributed by atoms with Gasteiger partial charge >= 0.3 is 0 Å². The Morgan fingerprint density at radius 3 is 1.26 bits per heavy atom. The van der Waals surface area contributed by atoms with Gasteiger partial charge in [0.25, 0.3) is 0 Å². The van der Waals surface area contributed by atoms with E-state index in [0.29, 0.717) is 0 Å².